The summed E-state index contributed by atoms with van der Waals surface area (Å²) in [5, 5.41) is 206. The molecular weight excluding hydrogens is 1070 g/mol. The zero-order valence-corrected chi connectivity index (χ0v) is 43.1. The van der Waals surface area contributed by atoms with Gasteiger partial charge in [-0.3, -0.25) is 0 Å². The summed E-state index contributed by atoms with van der Waals surface area (Å²) in [6.07, 6.45) is -7.95. The number of rotatable bonds is 8. The molecule has 0 saturated heterocycles. The van der Waals surface area contributed by atoms with Gasteiger partial charge in [-0.05, 0) is 88.5 Å². The van der Waals surface area contributed by atoms with E-state index in [1.807, 2.05) is 13.8 Å². The Hall–Kier alpha value is -10.2. The molecule has 3 unspecified atom stereocenters. The number of ether oxygens (including phenoxy) is 3. The standard InChI is InChI=1S/C59H48O21.C2H6/c60-27-8-3-22(4-9-27)1-2-23-13-35(68)43(36(69)14-23)49-45-38(71)20-40(73)47(58(45)79-56(52(49)75)25-6-11-30(63)33(66)16-25)51-48-41(74)21-39(72)46(59(48)80-57(54(51)77)26-7-12-31(64)34(67)17-26)50-44-37(70)18-28(61)19-42(44)78-55(53(50)76)24-5-10-29(62)32(65)15-24;1-2/h1-21,49-57,60-77H;1-2H3/b2-1+;/t49?,50?,51?,52-,53-,54-,55-,56-,57-;/m1./s1. The Morgan fingerprint density at radius 1 is 0.293 bits per heavy atom. The van der Waals surface area contributed by atoms with Crippen LogP contribution in [0.4, 0.5) is 0 Å². The van der Waals surface area contributed by atoms with Crippen molar-refractivity contribution >= 4 is 12.2 Å². The number of fused-ring (bicyclic) bond motifs is 3. The van der Waals surface area contributed by atoms with E-state index in [-0.39, 0.29) is 39.3 Å². The van der Waals surface area contributed by atoms with Crippen molar-refractivity contribution in [2.45, 2.75) is 68.2 Å². The molecule has 0 aromatic heterocycles. The Morgan fingerprint density at radius 3 is 1.04 bits per heavy atom. The second-order valence-electron chi connectivity index (χ2n) is 19.7. The van der Waals surface area contributed by atoms with E-state index in [0.29, 0.717) is 5.56 Å². The molecule has 0 spiro atoms. The van der Waals surface area contributed by atoms with E-state index in [4.69, 9.17) is 14.2 Å². The first-order valence-electron chi connectivity index (χ1n) is 25.5. The average Bonchev–Trinajstić information content (AvgIpc) is 3.56. The van der Waals surface area contributed by atoms with Gasteiger partial charge < -0.3 is 106 Å². The summed E-state index contributed by atoms with van der Waals surface area (Å²) in [7, 11) is 0. The van der Waals surface area contributed by atoms with Gasteiger partial charge in [0.15, 0.2) is 52.8 Å². The number of aromatic hydroxyl groups is 15. The molecule has 3 aliphatic heterocycles. The van der Waals surface area contributed by atoms with Crippen molar-refractivity contribution in [3.8, 4) is 103 Å². The maximum atomic E-state index is 12.9. The van der Waals surface area contributed by atoms with Crippen molar-refractivity contribution in [1.82, 2.24) is 0 Å². The topological polar surface area (TPSA) is 392 Å². The first kappa shape index (κ1) is 55.1. The molecular formula is C61H54O21. The largest absolute Gasteiger partial charge is 0.508 e. The van der Waals surface area contributed by atoms with Crippen molar-refractivity contribution in [2.75, 3.05) is 0 Å². The molecule has 21 nitrogen and oxygen atoms in total. The molecule has 0 aliphatic carbocycles. The number of hydrogen-bond donors (Lipinski definition) is 18. The van der Waals surface area contributed by atoms with Crippen LogP contribution in [-0.4, -0.2) is 110 Å². The lowest BCUT2D eigenvalue weighted by Gasteiger charge is -2.44. The van der Waals surface area contributed by atoms with E-state index in [1.165, 1.54) is 48.5 Å². The predicted molar refractivity (Wildman–Crippen MR) is 290 cm³/mol. The van der Waals surface area contributed by atoms with Gasteiger partial charge in [-0.15, -0.1) is 0 Å². The van der Waals surface area contributed by atoms with Crippen LogP contribution < -0.4 is 14.2 Å². The van der Waals surface area contributed by atoms with E-state index in [1.54, 1.807) is 18.2 Å². The summed E-state index contributed by atoms with van der Waals surface area (Å²) in [4.78, 5) is 0. The van der Waals surface area contributed by atoms with Crippen LogP contribution >= 0.6 is 0 Å². The average molecular weight is 1120 g/mol. The SMILES string of the molecule is CC.Oc1ccc(/C=C/c2cc(O)c(C3c4c(O)cc(O)c(C5c6c(O)cc(O)c(C7c8c(O)cc(O)cc8O[C@H](c8ccc(O)c(O)c8)[C@@H]7O)c6O[C@H](c6ccc(O)c(O)c6)[C@@H]5O)c4O[C@H](c4ccc(O)c(O)c4)[C@@H]3O)c(O)c2)cc1. The minimum absolute atomic E-state index is 0.0140. The third-order valence-corrected chi connectivity index (χ3v) is 14.8. The Balaban J connectivity index is 0.00000372. The molecule has 0 saturated carbocycles. The van der Waals surface area contributed by atoms with Crippen LogP contribution in [0.15, 0.2) is 115 Å². The van der Waals surface area contributed by atoms with E-state index in [2.05, 4.69) is 0 Å². The molecule has 424 valence electrons. The van der Waals surface area contributed by atoms with E-state index in [9.17, 15) is 91.9 Å². The van der Waals surface area contributed by atoms with E-state index in [0.717, 1.165) is 60.7 Å². The van der Waals surface area contributed by atoms with Crippen LogP contribution in [0.3, 0.4) is 0 Å². The van der Waals surface area contributed by atoms with E-state index >= 15 is 0 Å². The number of hydrogen-bond acceptors (Lipinski definition) is 21. The van der Waals surface area contributed by atoms with Gasteiger partial charge in [0, 0.05) is 57.6 Å². The second-order valence-corrected chi connectivity index (χ2v) is 19.7. The normalized spacial score (nSPS) is 21.6. The number of aliphatic hydroxyl groups excluding tert-OH is 3. The summed E-state index contributed by atoms with van der Waals surface area (Å²) in [5.41, 5.74) is -1.92. The van der Waals surface area contributed by atoms with Crippen molar-refractivity contribution in [2.24, 2.45) is 0 Å². The summed E-state index contributed by atoms with van der Waals surface area (Å²) in [5.74, 6) is -16.6. The summed E-state index contributed by atoms with van der Waals surface area (Å²) >= 11 is 0. The van der Waals surface area contributed by atoms with Crippen molar-refractivity contribution < 1.29 is 106 Å². The highest BCUT2D eigenvalue weighted by atomic mass is 16.5. The number of phenols is 15. The van der Waals surface area contributed by atoms with Crippen LogP contribution in [-0.2, 0) is 0 Å². The number of phenolic OH excluding ortho intramolecular Hbond substituents is 15. The highest BCUT2D eigenvalue weighted by Gasteiger charge is 2.52. The Kier molecular flexibility index (Phi) is 14.2. The van der Waals surface area contributed by atoms with Gasteiger partial charge in [-0.1, -0.05) is 56.3 Å². The van der Waals surface area contributed by atoms with Crippen molar-refractivity contribution in [3.63, 3.8) is 0 Å². The fourth-order valence-corrected chi connectivity index (χ4v) is 11.2. The first-order valence-corrected chi connectivity index (χ1v) is 25.5. The smallest absolute Gasteiger partial charge is 0.157 e. The van der Waals surface area contributed by atoms with Crippen LogP contribution in [0.25, 0.3) is 12.2 Å². The summed E-state index contributed by atoms with van der Waals surface area (Å²) < 4.78 is 19.3. The fraction of sp³-hybridized carbons (Fsp3) is 0.180. The highest BCUT2D eigenvalue weighted by molar-refractivity contribution is 5.75. The van der Waals surface area contributed by atoms with Crippen LogP contribution in [0.1, 0.15) is 111 Å². The maximum absolute atomic E-state index is 12.9. The maximum Gasteiger partial charge on any atom is 0.157 e. The van der Waals surface area contributed by atoms with Gasteiger partial charge in [0.1, 0.15) is 87.3 Å². The quantitative estimate of drug-likeness (QED) is 0.0502. The highest BCUT2D eigenvalue weighted by Crippen LogP contribution is 2.64. The Morgan fingerprint density at radius 2 is 0.634 bits per heavy atom. The molecule has 8 aromatic rings. The zero-order valence-electron chi connectivity index (χ0n) is 43.1. The molecule has 0 fully saturated rings. The first-order chi connectivity index (χ1) is 39.1. The molecule has 0 radical (unpaired) electrons. The van der Waals surface area contributed by atoms with Gasteiger partial charge >= 0.3 is 0 Å². The van der Waals surface area contributed by atoms with Gasteiger partial charge in [0.2, 0.25) is 0 Å². The lowest BCUT2D eigenvalue weighted by atomic mass is 9.72. The molecule has 9 atom stereocenters. The summed E-state index contributed by atoms with van der Waals surface area (Å²) in [6, 6.07) is 22.2. The van der Waals surface area contributed by atoms with Crippen LogP contribution in [0, 0.1) is 0 Å². The third kappa shape index (κ3) is 9.36. The minimum atomic E-state index is -2.09. The fourth-order valence-electron chi connectivity index (χ4n) is 11.2. The monoisotopic (exact) mass is 1120 g/mol. The lowest BCUT2D eigenvalue weighted by Crippen LogP contribution is -2.39. The Bertz CT molecular complexity index is 3820. The predicted octanol–water partition coefficient (Wildman–Crippen LogP) is 8.35. The molecule has 21 heteroatoms. The van der Waals surface area contributed by atoms with Gasteiger partial charge in [-0.25, -0.2) is 0 Å². The van der Waals surface area contributed by atoms with Gasteiger partial charge in [0.05, 0.1) is 17.8 Å². The van der Waals surface area contributed by atoms with E-state index < -0.39 is 174 Å². The summed E-state index contributed by atoms with van der Waals surface area (Å²) in [6.45, 7) is 4.00. The zero-order chi connectivity index (χ0) is 58.9. The second kappa shape index (κ2) is 21.1. The molecule has 18 N–H and O–H groups in total. The van der Waals surface area contributed by atoms with Crippen LogP contribution in [0.2, 0.25) is 0 Å². The van der Waals surface area contributed by atoms with Gasteiger partial charge in [-0.2, -0.15) is 0 Å². The van der Waals surface area contributed by atoms with Gasteiger partial charge in [0.25, 0.3) is 0 Å². The molecule has 3 heterocycles. The molecule has 11 rings (SSSR count). The molecule has 82 heavy (non-hydrogen) atoms. The molecule has 0 amide bonds. The molecule has 3 aliphatic rings. The lowest BCUT2D eigenvalue weighted by molar-refractivity contribution is -0.00762. The number of aliphatic hydroxyl groups is 3. The van der Waals surface area contributed by atoms with Crippen LogP contribution in [0.5, 0.6) is 103 Å². The third-order valence-electron chi connectivity index (χ3n) is 14.8. The Labute approximate surface area is 465 Å². The minimum Gasteiger partial charge on any atom is -0.508 e. The number of benzene rings is 8. The molecule has 0 bridgehead atoms. The van der Waals surface area contributed by atoms with Crippen molar-refractivity contribution in [3.05, 3.63) is 176 Å². The van der Waals surface area contributed by atoms with Crippen molar-refractivity contribution in [1.29, 1.82) is 0 Å². The molecule has 8 aromatic carbocycles.